The Morgan fingerprint density at radius 2 is 0.737 bits per heavy atom. The van der Waals surface area contributed by atoms with E-state index in [-0.39, 0.29) is 0 Å². The van der Waals surface area contributed by atoms with Crippen LogP contribution in [0, 0.1) is 0 Å². The minimum atomic E-state index is -0.393. The molecule has 0 heterocycles. The molecule has 0 aromatic heterocycles. The topological polar surface area (TPSA) is 36.9 Å². The average Bonchev–Trinajstić information content (AvgIpc) is 3.19. The third-order valence-corrected chi connectivity index (χ3v) is 13.9. The molecule has 0 saturated heterocycles. The fourth-order valence-electron chi connectivity index (χ4n) is 8.40. The maximum Gasteiger partial charge on any atom is 0.126 e. The first-order valence-corrected chi connectivity index (χ1v) is 23.1. The molecule has 6 rings (SSSR count). The second kappa shape index (κ2) is 20.4. The van der Waals surface area contributed by atoms with E-state index in [0.29, 0.717) is 63.4 Å². The maximum atomic E-state index is 6.89. The summed E-state index contributed by atoms with van der Waals surface area (Å²) in [6, 6.07) is 34.0. The summed E-state index contributed by atoms with van der Waals surface area (Å²) >= 11 is 0. The second-order valence-electron chi connectivity index (χ2n) is 16.1. The largest absolute Gasteiger partial charge is 0.493 e. The van der Waals surface area contributed by atoms with Crippen molar-refractivity contribution in [2.24, 2.45) is 0 Å². The van der Waals surface area contributed by atoms with Crippen LogP contribution in [0.4, 0.5) is 0 Å². The normalized spacial score (nSPS) is 12.6. The smallest absolute Gasteiger partial charge is 0.126 e. The molecule has 5 aromatic carbocycles. The molecule has 0 fully saturated rings. The van der Waals surface area contributed by atoms with Gasteiger partial charge in [-0.25, -0.2) is 0 Å². The van der Waals surface area contributed by atoms with E-state index in [0.717, 1.165) is 48.7 Å². The molecule has 0 amide bonds. The molecule has 0 spiro atoms. The fourth-order valence-corrected chi connectivity index (χ4v) is 11.4. The van der Waals surface area contributed by atoms with Gasteiger partial charge in [0.1, 0.15) is 23.0 Å². The van der Waals surface area contributed by atoms with Gasteiger partial charge in [0, 0.05) is 25.7 Å². The minimum absolute atomic E-state index is 0.393. The minimum Gasteiger partial charge on any atom is -0.493 e. The van der Waals surface area contributed by atoms with Crippen molar-refractivity contribution in [3.63, 3.8) is 0 Å². The standard InChI is InChI=1S/C52H65O4P/c1-9-26-53-49-38-18-15-19-39(49)31-41-21-17-23-43(51(41)55-28-11-3)33-46-35-44(47-24-13-14-25-48(47)57(36(5)6)37(7)8)34-45(52(46)56-29-12-4)32-42-22-16-20-40(30-38)50(42)54-27-10-2/h13-25,34-37H,9-12,26-33H2,1-8H3. The summed E-state index contributed by atoms with van der Waals surface area (Å²) in [4.78, 5) is 0. The van der Waals surface area contributed by atoms with E-state index in [1.54, 1.807) is 0 Å². The predicted molar refractivity (Wildman–Crippen MR) is 242 cm³/mol. The number of rotatable bonds is 16. The molecule has 5 aromatic rings. The molecule has 5 heteroatoms. The maximum absolute atomic E-state index is 6.89. The van der Waals surface area contributed by atoms with Gasteiger partial charge in [-0.3, -0.25) is 0 Å². The highest BCUT2D eigenvalue weighted by Gasteiger charge is 2.26. The summed E-state index contributed by atoms with van der Waals surface area (Å²) in [5.74, 6) is 3.93. The third-order valence-electron chi connectivity index (χ3n) is 10.7. The van der Waals surface area contributed by atoms with E-state index in [9.17, 15) is 0 Å². The predicted octanol–water partition coefficient (Wildman–Crippen LogP) is 13.1. The number of benzene rings is 5. The monoisotopic (exact) mass is 784 g/mol. The Morgan fingerprint density at radius 3 is 1.07 bits per heavy atom. The molecule has 4 nitrogen and oxygen atoms in total. The van der Waals surface area contributed by atoms with Gasteiger partial charge in [0.05, 0.1) is 26.4 Å². The van der Waals surface area contributed by atoms with Crippen LogP contribution >= 0.6 is 7.92 Å². The molecule has 0 unspecified atom stereocenters. The van der Waals surface area contributed by atoms with Gasteiger partial charge in [-0.1, -0.05) is 142 Å². The van der Waals surface area contributed by atoms with Gasteiger partial charge in [0.15, 0.2) is 0 Å². The number of hydrogen-bond acceptors (Lipinski definition) is 4. The molecule has 0 N–H and O–H groups in total. The molecule has 1 aliphatic rings. The molecular weight excluding hydrogens is 720 g/mol. The zero-order valence-electron chi connectivity index (χ0n) is 35.9. The lowest BCUT2D eigenvalue weighted by molar-refractivity contribution is 0.304. The zero-order valence-corrected chi connectivity index (χ0v) is 36.8. The fraction of sp³-hybridized carbons (Fsp3) is 0.423. The lowest BCUT2D eigenvalue weighted by atomic mass is 9.89. The van der Waals surface area contributed by atoms with Gasteiger partial charge in [-0.05, 0) is 110 Å². The number of fused-ring (bicyclic) bond motifs is 8. The first kappa shape index (κ1) is 42.3. The molecule has 1 aliphatic carbocycles. The van der Waals surface area contributed by atoms with Crippen LogP contribution in [0.1, 0.15) is 126 Å². The summed E-state index contributed by atoms with van der Waals surface area (Å²) in [5, 5.41) is 1.48. The van der Waals surface area contributed by atoms with Crippen LogP contribution in [0.25, 0.3) is 11.1 Å². The van der Waals surface area contributed by atoms with Crippen molar-refractivity contribution in [1.82, 2.24) is 0 Å². The summed E-state index contributed by atoms with van der Waals surface area (Å²) in [7, 11) is -0.393. The highest BCUT2D eigenvalue weighted by Crippen LogP contribution is 2.48. The van der Waals surface area contributed by atoms with Gasteiger partial charge in [0.2, 0.25) is 0 Å². The summed E-state index contributed by atoms with van der Waals surface area (Å²) in [5.41, 5.74) is 13.2. The van der Waals surface area contributed by atoms with Crippen LogP contribution in [0.2, 0.25) is 0 Å². The Hall–Kier alpha value is -4.27. The number of hydrogen-bond donors (Lipinski definition) is 0. The van der Waals surface area contributed by atoms with Gasteiger partial charge in [-0.15, -0.1) is 0 Å². The molecule has 0 aliphatic heterocycles. The molecule has 302 valence electrons. The van der Waals surface area contributed by atoms with E-state index in [1.807, 2.05) is 0 Å². The highest BCUT2D eigenvalue weighted by atomic mass is 31.1. The lowest BCUT2D eigenvalue weighted by Gasteiger charge is -2.29. The van der Waals surface area contributed by atoms with Crippen LogP contribution in [0.3, 0.4) is 0 Å². The van der Waals surface area contributed by atoms with Crippen molar-refractivity contribution in [2.75, 3.05) is 26.4 Å². The summed E-state index contributed by atoms with van der Waals surface area (Å²) in [6.45, 7) is 20.9. The first-order chi connectivity index (χ1) is 27.8. The quantitative estimate of drug-likeness (QED) is 0.0916. The van der Waals surface area contributed by atoms with E-state index in [4.69, 9.17) is 18.9 Å². The van der Waals surface area contributed by atoms with Crippen molar-refractivity contribution in [3.8, 4) is 34.1 Å². The average molecular weight is 785 g/mol. The zero-order chi connectivity index (χ0) is 40.3. The Labute approximate surface area is 345 Å². The van der Waals surface area contributed by atoms with Crippen LogP contribution in [-0.4, -0.2) is 37.7 Å². The number of ether oxygens (including phenoxy) is 4. The lowest BCUT2D eigenvalue weighted by Crippen LogP contribution is -2.17. The molecule has 0 saturated carbocycles. The summed E-state index contributed by atoms with van der Waals surface area (Å²) in [6.07, 6.45) is 6.55. The van der Waals surface area contributed by atoms with Gasteiger partial charge in [-0.2, -0.15) is 0 Å². The van der Waals surface area contributed by atoms with Crippen molar-refractivity contribution < 1.29 is 18.9 Å². The van der Waals surface area contributed by atoms with Crippen LogP contribution in [0.5, 0.6) is 23.0 Å². The van der Waals surface area contributed by atoms with E-state index >= 15 is 0 Å². The number of para-hydroxylation sites is 3. The molecular formula is C52H65O4P. The van der Waals surface area contributed by atoms with Crippen LogP contribution in [0.15, 0.2) is 91.0 Å². The van der Waals surface area contributed by atoms with E-state index < -0.39 is 7.92 Å². The Balaban J connectivity index is 1.66. The van der Waals surface area contributed by atoms with Gasteiger partial charge in [0.25, 0.3) is 0 Å². The van der Waals surface area contributed by atoms with E-state index in [1.165, 1.54) is 60.9 Å². The SMILES string of the molecule is CCCOc1c2cccc1Cc1cccc(c1OCCC)Cc1cc(-c3ccccc3P(C(C)C)C(C)C)cc(c1OCCC)Cc1cccc(c1OCCC)C2. The molecule has 8 bridgehead atoms. The van der Waals surface area contributed by atoms with Gasteiger partial charge < -0.3 is 18.9 Å². The van der Waals surface area contributed by atoms with Crippen molar-refractivity contribution in [3.05, 3.63) is 136 Å². The van der Waals surface area contributed by atoms with Crippen LogP contribution in [-0.2, 0) is 25.7 Å². The first-order valence-electron chi connectivity index (χ1n) is 21.6. The molecule has 0 radical (unpaired) electrons. The van der Waals surface area contributed by atoms with Gasteiger partial charge >= 0.3 is 0 Å². The summed E-state index contributed by atoms with van der Waals surface area (Å²) < 4.78 is 27.1. The van der Waals surface area contributed by atoms with Crippen LogP contribution < -0.4 is 24.3 Å². The van der Waals surface area contributed by atoms with Crippen molar-refractivity contribution in [2.45, 2.75) is 118 Å². The molecule has 0 atom stereocenters. The van der Waals surface area contributed by atoms with Crippen molar-refractivity contribution >= 4 is 13.2 Å². The Kier molecular flexibility index (Phi) is 15.2. The Morgan fingerprint density at radius 1 is 0.421 bits per heavy atom. The third kappa shape index (κ3) is 10.1. The Bertz CT molecular complexity index is 1970. The van der Waals surface area contributed by atoms with Crippen molar-refractivity contribution in [1.29, 1.82) is 0 Å². The van der Waals surface area contributed by atoms with E-state index in [2.05, 4.69) is 146 Å². The molecule has 57 heavy (non-hydrogen) atoms. The second-order valence-corrected chi connectivity index (χ2v) is 19.4. The highest BCUT2D eigenvalue weighted by molar-refractivity contribution is 7.67.